The van der Waals surface area contributed by atoms with Crippen molar-refractivity contribution >= 4 is 10.0 Å². The summed E-state index contributed by atoms with van der Waals surface area (Å²) in [6.07, 6.45) is 2.70. The molecule has 3 nitrogen and oxygen atoms in total. The van der Waals surface area contributed by atoms with Gasteiger partial charge in [-0.15, -0.1) is 0 Å². The van der Waals surface area contributed by atoms with E-state index in [4.69, 9.17) is 0 Å². The monoisotopic (exact) mass is 253 g/mol. The van der Waals surface area contributed by atoms with Gasteiger partial charge in [0.1, 0.15) is 0 Å². The number of hydrogen-bond donors (Lipinski definition) is 0. The maximum absolute atomic E-state index is 12.1. The lowest BCUT2D eigenvalue weighted by molar-refractivity contribution is 0.398. The second-order valence-electron chi connectivity index (χ2n) is 4.58. The minimum absolute atomic E-state index is 0.242. The Bertz CT molecular complexity index is 452. The molecule has 0 radical (unpaired) electrons. The lowest BCUT2D eigenvalue weighted by Gasteiger charge is -2.21. The van der Waals surface area contributed by atoms with E-state index >= 15 is 0 Å². The van der Waals surface area contributed by atoms with E-state index in [0.29, 0.717) is 13.0 Å². The van der Waals surface area contributed by atoms with Crippen molar-refractivity contribution in [1.82, 2.24) is 4.31 Å². The van der Waals surface area contributed by atoms with Gasteiger partial charge in [0.15, 0.2) is 0 Å². The van der Waals surface area contributed by atoms with Crippen molar-refractivity contribution in [2.75, 3.05) is 5.75 Å². The van der Waals surface area contributed by atoms with Gasteiger partial charge in [-0.25, -0.2) is 8.42 Å². The van der Waals surface area contributed by atoms with Crippen LogP contribution in [0.1, 0.15) is 31.7 Å². The van der Waals surface area contributed by atoms with Crippen LogP contribution in [0.4, 0.5) is 0 Å². The zero-order chi connectivity index (χ0) is 12.3. The Morgan fingerprint density at radius 3 is 2.41 bits per heavy atom. The van der Waals surface area contributed by atoms with E-state index in [1.807, 2.05) is 37.3 Å². The summed E-state index contributed by atoms with van der Waals surface area (Å²) in [4.78, 5) is 0. The van der Waals surface area contributed by atoms with Crippen molar-refractivity contribution in [3.8, 4) is 0 Å². The van der Waals surface area contributed by atoms with Crippen LogP contribution in [-0.4, -0.2) is 24.5 Å². The maximum Gasteiger partial charge on any atom is 0.214 e. The zero-order valence-electron chi connectivity index (χ0n) is 10.2. The van der Waals surface area contributed by atoms with Crippen molar-refractivity contribution in [1.29, 1.82) is 0 Å². The first kappa shape index (κ1) is 12.6. The molecule has 1 aromatic carbocycles. The molecule has 0 aromatic heterocycles. The third-order valence-electron chi connectivity index (χ3n) is 2.95. The minimum atomic E-state index is -3.07. The minimum Gasteiger partial charge on any atom is -0.212 e. The van der Waals surface area contributed by atoms with Gasteiger partial charge in [-0.2, -0.15) is 4.31 Å². The van der Waals surface area contributed by atoms with Gasteiger partial charge >= 0.3 is 0 Å². The number of benzene rings is 1. The van der Waals surface area contributed by atoms with E-state index in [0.717, 1.165) is 18.4 Å². The molecular formula is C13H19NO2S. The van der Waals surface area contributed by atoms with Gasteiger partial charge in [-0.05, 0) is 24.8 Å². The second-order valence-corrected chi connectivity index (χ2v) is 6.62. The third-order valence-corrected chi connectivity index (χ3v) is 5.02. The van der Waals surface area contributed by atoms with Gasteiger partial charge in [0.05, 0.1) is 5.75 Å². The summed E-state index contributed by atoms with van der Waals surface area (Å²) in [6.45, 7) is 2.43. The Morgan fingerprint density at radius 1 is 1.24 bits per heavy atom. The molecule has 0 bridgehead atoms. The molecule has 0 aliphatic heterocycles. The summed E-state index contributed by atoms with van der Waals surface area (Å²) in [6, 6.07) is 10.1. The molecule has 1 fully saturated rings. The highest BCUT2D eigenvalue weighted by Gasteiger charge is 2.36. The van der Waals surface area contributed by atoms with E-state index in [2.05, 4.69) is 0 Å². The predicted molar refractivity (Wildman–Crippen MR) is 69.1 cm³/mol. The first-order valence-electron chi connectivity index (χ1n) is 6.17. The van der Waals surface area contributed by atoms with Crippen LogP contribution < -0.4 is 0 Å². The summed E-state index contributed by atoms with van der Waals surface area (Å²) in [5.74, 6) is 0.260. The van der Waals surface area contributed by atoms with Crippen LogP contribution in [0.2, 0.25) is 0 Å². The number of hydrogen-bond acceptors (Lipinski definition) is 2. The molecule has 94 valence electrons. The summed E-state index contributed by atoms with van der Waals surface area (Å²) < 4.78 is 26.0. The molecule has 0 heterocycles. The van der Waals surface area contributed by atoms with Gasteiger partial charge in [0, 0.05) is 12.6 Å². The molecule has 1 saturated carbocycles. The molecule has 17 heavy (non-hydrogen) atoms. The van der Waals surface area contributed by atoms with Crippen molar-refractivity contribution in [3.05, 3.63) is 35.9 Å². The lowest BCUT2D eigenvalue weighted by atomic mass is 10.2. The Labute approximate surface area is 104 Å². The first-order chi connectivity index (χ1) is 8.13. The van der Waals surface area contributed by atoms with Crippen molar-refractivity contribution in [3.63, 3.8) is 0 Å². The molecule has 1 aliphatic carbocycles. The van der Waals surface area contributed by atoms with Crippen LogP contribution in [0.15, 0.2) is 30.3 Å². The van der Waals surface area contributed by atoms with Crippen LogP contribution in [0, 0.1) is 0 Å². The lowest BCUT2D eigenvalue weighted by Crippen LogP contribution is -2.34. The van der Waals surface area contributed by atoms with Crippen molar-refractivity contribution in [2.45, 2.75) is 38.8 Å². The topological polar surface area (TPSA) is 37.4 Å². The molecule has 1 aromatic rings. The quantitative estimate of drug-likeness (QED) is 0.780. The van der Waals surface area contributed by atoms with Gasteiger partial charge in [0.2, 0.25) is 10.0 Å². The van der Waals surface area contributed by atoms with E-state index in [1.54, 1.807) is 4.31 Å². The van der Waals surface area contributed by atoms with Gasteiger partial charge < -0.3 is 0 Å². The van der Waals surface area contributed by atoms with Crippen molar-refractivity contribution < 1.29 is 8.42 Å². The molecular weight excluding hydrogens is 234 g/mol. The largest absolute Gasteiger partial charge is 0.214 e. The molecule has 0 unspecified atom stereocenters. The first-order valence-corrected chi connectivity index (χ1v) is 7.78. The Kier molecular flexibility index (Phi) is 3.84. The Balaban J connectivity index is 2.13. The van der Waals surface area contributed by atoms with Crippen molar-refractivity contribution in [2.24, 2.45) is 0 Å². The molecule has 0 N–H and O–H groups in total. The summed E-state index contributed by atoms with van der Waals surface area (Å²) >= 11 is 0. The fourth-order valence-corrected chi connectivity index (χ4v) is 3.72. The highest BCUT2D eigenvalue weighted by molar-refractivity contribution is 7.89. The average molecular weight is 253 g/mol. The second kappa shape index (κ2) is 5.19. The van der Waals surface area contributed by atoms with Crippen LogP contribution in [0.25, 0.3) is 0 Å². The highest BCUT2D eigenvalue weighted by Crippen LogP contribution is 2.31. The third kappa shape index (κ3) is 3.30. The SMILES string of the molecule is CCCS(=O)(=O)N(Cc1ccccc1)C1CC1. The Morgan fingerprint density at radius 2 is 1.88 bits per heavy atom. The molecule has 4 heteroatoms. The van der Waals surface area contributed by atoms with Crippen LogP contribution in [0.3, 0.4) is 0 Å². The van der Waals surface area contributed by atoms with Crippen LogP contribution >= 0.6 is 0 Å². The summed E-state index contributed by atoms with van der Waals surface area (Å²) in [7, 11) is -3.07. The molecule has 0 amide bonds. The molecule has 0 saturated heterocycles. The average Bonchev–Trinajstić information content (AvgIpc) is 3.11. The number of rotatable bonds is 6. The van der Waals surface area contributed by atoms with Gasteiger partial charge in [-0.3, -0.25) is 0 Å². The number of sulfonamides is 1. The normalized spacial score (nSPS) is 16.4. The van der Waals surface area contributed by atoms with E-state index in [-0.39, 0.29) is 11.8 Å². The van der Waals surface area contributed by atoms with E-state index in [1.165, 1.54) is 0 Å². The fraction of sp³-hybridized carbons (Fsp3) is 0.538. The fourth-order valence-electron chi connectivity index (χ4n) is 1.96. The van der Waals surface area contributed by atoms with E-state index < -0.39 is 10.0 Å². The molecule has 0 atom stereocenters. The maximum atomic E-state index is 12.1. The van der Waals surface area contributed by atoms with Crippen LogP contribution in [-0.2, 0) is 16.6 Å². The molecule has 2 rings (SSSR count). The highest BCUT2D eigenvalue weighted by atomic mass is 32.2. The van der Waals surface area contributed by atoms with Crippen LogP contribution in [0.5, 0.6) is 0 Å². The standard InChI is InChI=1S/C13H19NO2S/c1-2-10-17(15,16)14(13-8-9-13)11-12-6-4-3-5-7-12/h3-7,13H,2,8-11H2,1H3. The predicted octanol–water partition coefficient (Wildman–Crippen LogP) is 2.39. The van der Waals surface area contributed by atoms with E-state index in [9.17, 15) is 8.42 Å². The number of nitrogens with zero attached hydrogens (tertiary/aromatic N) is 1. The Hall–Kier alpha value is -0.870. The smallest absolute Gasteiger partial charge is 0.212 e. The van der Waals surface area contributed by atoms with Gasteiger partial charge in [-0.1, -0.05) is 37.3 Å². The summed E-state index contributed by atoms with van der Waals surface area (Å²) in [5.41, 5.74) is 1.07. The van der Waals surface area contributed by atoms with Gasteiger partial charge in [0.25, 0.3) is 0 Å². The summed E-state index contributed by atoms with van der Waals surface area (Å²) in [5, 5.41) is 0. The zero-order valence-corrected chi connectivity index (χ0v) is 11.0. The molecule has 0 spiro atoms. The molecule has 1 aliphatic rings.